The van der Waals surface area contributed by atoms with E-state index in [1.54, 1.807) is 4.90 Å². The molecule has 0 aromatic heterocycles. The number of nitrogens with one attached hydrogen (secondary N) is 1. The zero-order valence-corrected chi connectivity index (χ0v) is 15.9. The molecule has 0 spiro atoms. The van der Waals surface area contributed by atoms with Crippen LogP contribution in [0.2, 0.25) is 0 Å². The summed E-state index contributed by atoms with van der Waals surface area (Å²) in [5.41, 5.74) is 0. The van der Waals surface area contributed by atoms with Crippen LogP contribution < -0.4 is 4.90 Å². The quantitative estimate of drug-likeness (QED) is 0.770. The molecule has 5 unspecified atom stereocenters. The van der Waals surface area contributed by atoms with Crippen LogP contribution in [0.25, 0.3) is 0 Å². The molecule has 1 saturated heterocycles. The van der Waals surface area contributed by atoms with Gasteiger partial charge in [-0.3, -0.25) is 4.79 Å². The molecule has 3 heteroatoms. The van der Waals surface area contributed by atoms with Crippen molar-refractivity contribution < 1.29 is 9.69 Å². The highest BCUT2D eigenvalue weighted by molar-refractivity contribution is 6.20. The average Bonchev–Trinajstić information content (AvgIpc) is 2.62. The summed E-state index contributed by atoms with van der Waals surface area (Å²) < 4.78 is 0. The highest BCUT2D eigenvalue weighted by Crippen LogP contribution is 2.45. The van der Waals surface area contributed by atoms with E-state index in [1.807, 2.05) is 0 Å². The normalized spacial score (nSPS) is 46.0. The van der Waals surface area contributed by atoms with Gasteiger partial charge in [-0.15, -0.1) is 11.6 Å². The molecule has 4 aliphatic rings. The van der Waals surface area contributed by atoms with Gasteiger partial charge >= 0.3 is 0 Å². The maximum absolute atomic E-state index is 12.9. The van der Waals surface area contributed by atoms with E-state index in [9.17, 15) is 4.79 Å². The lowest BCUT2D eigenvalue weighted by Crippen LogP contribution is -3.18. The van der Waals surface area contributed by atoms with Crippen LogP contribution in [0.15, 0.2) is 0 Å². The number of halogens is 1. The number of Topliss-reactive ketones (excluding diaryl/α,β-unsaturated/α-hetero) is 1. The molecule has 4 fully saturated rings. The first-order valence-corrected chi connectivity index (χ1v) is 11.2. The number of fused-ring (bicyclic) bond motifs is 3. The van der Waals surface area contributed by atoms with Crippen molar-refractivity contribution in [3.8, 4) is 0 Å². The number of hydrogen-bond donors (Lipinski definition) is 1. The minimum absolute atomic E-state index is 0.318. The van der Waals surface area contributed by atoms with Crippen LogP contribution in [0, 0.1) is 23.7 Å². The number of carbonyl (C=O) groups excluding carboxylic acids is 1. The second-order valence-electron chi connectivity index (χ2n) is 9.20. The number of hydrogen-bond acceptors (Lipinski definition) is 1. The number of likely N-dealkylation sites (tertiary alicyclic amines) is 1. The van der Waals surface area contributed by atoms with E-state index in [2.05, 4.69) is 0 Å². The molecule has 1 heterocycles. The van der Waals surface area contributed by atoms with Crippen molar-refractivity contribution in [3.05, 3.63) is 0 Å². The Morgan fingerprint density at radius 3 is 2.42 bits per heavy atom. The lowest BCUT2D eigenvalue weighted by atomic mass is 9.61. The molecule has 3 aliphatic carbocycles. The second kappa shape index (κ2) is 7.66. The monoisotopic (exact) mass is 352 g/mol. The Kier molecular flexibility index (Phi) is 5.53. The van der Waals surface area contributed by atoms with Gasteiger partial charge in [0.1, 0.15) is 6.54 Å². The minimum Gasteiger partial charge on any atom is -0.326 e. The van der Waals surface area contributed by atoms with E-state index < -0.39 is 0 Å². The molecular formula is C21H35ClNO+. The van der Waals surface area contributed by atoms with Gasteiger partial charge in [-0.1, -0.05) is 19.3 Å². The Balaban J connectivity index is 1.38. The third-order valence-electron chi connectivity index (χ3n) is 7.96. The van der Waals surface area contributed by atoms with Crippen LogP contribution in [0.1, 0.15) is 77.0 Å². The van der Waals surface area contributed by atoms with Gasteiger partial charge in [-0.05, 0) is 69.6 Å². The Hall–Kier alpha value is -0.0800. The number of piperidine rings is 1. The number of alkyl halides is 1. The molecule has 136 valence electrons. The fraction of sp³-hybridized carbons (Fsp3) is 0.952. The van der Waals surface area contributed by atoms with Gasteiger partial charge in [-0.25, -0.2) is 0 Å². The average molecular weight is 353 g/mol. The summed E-state index contributed by atoms with van der Waals surface area (Å²) in [7, 11) is 0. The summed E-state index contributed by atoms with van der Waals surface area (Å²) in [5.74, 6) is 3.82. The summed E-state index contributed by atoms with van der Waals surface area (Å²) in [6, 6.07) is 0.798. The Morgan fingerprint density at radius 1 is 0.833 bits per heavy atom. The minimum atomic E-state index is 0.318. The highest BCUT2D eigenvalue weighted by Gasteiger charge is 2.46. The first kappa shape index (κ1) is 17.3. The van der Waals surface area contributed by atoms with E-state index >= 15 is 0 Å². The topological polar surface area (TPSA) is 21.5 Å². The van der Waals surface area contributed by atoms with E-state index in [4.69, 9.17) is 11.6 Å². The van der Waals surface area contributed by atoms with Gasteiger partial charge in [0, 0.05) is 17.2 Å². The molecule has 1 aliphatic heterocycles. The van der Waals surface area contributed by atoms with Crippen LogP contribution in [-0.2, 0) is 4.79 Å². The molecule has 24 heavy (non-hydrogen) atoms. The van der Waals surface area contributed by atoms with E-state index in [0.717, 1.165) is 56.0 Å². The van der Waals surface area contributed by atoms with Gasteiger partial charge in [-0.2, -0.15) is 0 Å². The summed E-state index contributed by atoms with van der Waals surface area (Å²) >= 11 is 6.22. The van der Waals surface area contributed by atoms with Crippen LogP contribution in [-0.4, -0.2) is 30.3 Å². The number of carbonyl (C=O) groups is 1. The SMILES string of the molecule is O=C(C[NH+]1CCCC2C3CCCCC3CCC21)C1CCC(Cl)CC1. The van der Waals surface area contributed by atoms with Crippen LogP contribution in [0.4, 0.5) is 0 Å². The smallest absolute Gasteiger partial charge is 0.189 e. The first-order chi connectivity index (χ1) is 11.7. The molecular weight excluding hydrogens is 318 g/mol. The summed E-state index contributed by atoms with van der Waals surface area (Å²) in [6.07, 6.45) is 15.7. The lowest BCUT2D eigenvalue weighted by molar-refractivity contribution is -0.929. The summed E-state index contributed by atoms with van der Waals surface area (Å²) in [5, 5.41) is 0.322. The fourth-order valence-electron chi connectivity index (χ4n) is 6.70. The van der Waals surface area contributed by atoms with Gasteiger partial charge in [0.2, 0.25) is 0 Å². The van der Waals surface area contributed by atoms with Crippen molar-refractivity contribution in [2.24, 2.45) is 23.7 Å². The Bertz CT molecular complexity index is 445. The molecule has 0 bridgehead atoms. The molecule has 4 rings (SSSR count). The fourth-order valence-corrected chi connectivity index (χ4v) is 6.95. The van der Waals surface area contributed by atoms with Gasteiger partial charge in [0.15, 0.2) is 5.78 Å². The second-order valence-corrected chi connectivity index (χ2v) is 9.82. The van der Waals surface area contributed by atoms with Crippen molar-refractivity contribution in [1.82, 2.24) is 0 Å². The molecule has 0 radical (unpaired) electrons. The molecule has 3 saturated carbocycles. The van der Waals surface area contributed by atoms with Gasteiger partial charge < -0.3 is 4.90 Å². The largest absolute Gasteiger partial charge is 0.326 e. The third-order valence-corrected chi connectivity index (χ3v) is 8.39. The van der Waals surface area contributed by atoms with Crippen molar-refractivity contribution in [1.29, 1.82) is 0 Å². The Morgan fingerprint density at radius 2 is 1.58 bits per heavy atom. The molecule has 0 amide bonds. The van der Waals surface area contributed by atoms with Crippen LogP contribution in [0.3, 0.4) is 0 Å². The number of rotatable bonds is 3. The molecule has 0 aromatic carbocycles. The third kappa shape index (κ3) is 3.56. The standard InChI is InChI=1S/C21H34ClNO/c22-17-10-7-16(8-11-17)21(24)14-23-13-3-6-19-18-5-2-1-4-15(18)9-12-20(19)23/h15-20H,1-14H2/p+1. The van der Waals surface area contributed by atoms with Crippen molar-refractivity contribution in [3.63, 3.8) is 0 Å². The lowest BCUT2D eigenvalue weighted by Gasteiger charge is -2.50. The Labute approximate surface area is 152 Å². The van der Waals surface area contributed by atoms with E-state index in [0.29, 0.717) is 17.1 Å². The zero-order chi connectivity index (χ0) is 16.5. The molecule has 1 N–H and O–H groups in total. The predicted molar refractivity (Wildman–Crippen MR) is 98.5 cm³/mol. The summed E-state index contributed by atoms with van der Waals surface area (Å²) in [6.45, 7) is 2.06. The maximum Gasteiger partial charge on any atom is 0.189 e. The molecule has 0 aromatic rings. The summed E-state index contributed by atoms with van der Waals surface area (Å²) in [4.78, 5) is 14.5. The number of ketones is 1. The van der Waals surface area contributed by atoms with Gasteiger partial charge in [0.25, 0.3) is 0 Å². The van der Waals surface area contributed by atoms with Crippen molar-refractivity contribution in [2.75, 3.05) is 13.1 Å². The van der Waals surface area contributed by atoms with Crippen molar-refractivity contribution >= 4 is 17.4 Å². The predicted octanol–water partition coefficient (Wildman–Crippen LogP) is 3.62. The highest BCUT2D eigenvalue weighted by atomic mass is 35.5. The maximum atomic E-state index is 12.9. The van der Waals surface area contributed by atoms with Crippen LogP contribution in [0.5, 0.6) is 0 Å². The van der Waals surface area contributed by atoms with Crippen LogP contribution >= 0.6 is 11.6 Å². The van der Waals surface area contributed by atoms with E-state index in [1.165, 1.54) is 57.9 Å². The first-order valence-electron chi connectivity index (χ1n) is 10.7. The van der Waals surface area contributed by atoms with E-state index in [-0.39, 0.29) is 0 Å². The molecule has 5 atom stereocenters. The zero-order valence-electron chi connectivity index (χ0n) is 15.1. The van der Waals surface area contributed by atoms with Gasteiger partial charge in [0.05, 0.1) is 12.6 Å². The number of quaternary nitrogens is 1. The van der Waals surface area contributed by atoms with Crippen molar-refractivity contribution in [2.45, 2.75) is 88.5 Å². The molecule has 2 nitrogen and oxygen atoms in total.